The number of carbonyl (C=O) groups is 4. The van der Waals surface area contributed by atoms with Crippen molar-refractivity contribution in [1.29, 1.82) is 5.41 Å². The first-order valence-electron chi connectivity index (χ1n) is 15.9. The first kappa shape index (κ1) is 33.5. The summed E-state index contributed by atoms with van der Waals surface area (Å²) in [7, 11) is 0. The molecule has 3 N–H and O–H groups in total. The van der Waals surface area contributed by atoms with Gasteiger partial charge in [0.15, 0.2) is 0 Å². The van der Waals surface area contributed by atoms with Crippen LogP contribution in [0.15, 0.2) is 60.8 Å². The van der Waals surface area contributed by atoms with Gasteiger partial charge in [-0.3, -0.25) is 20.3 Å². The standard InChI is InChI=1S/C35H44N6O6/c1-34(2,3)46-32(44)41(33(45)47-35(4,5)6)31(36)39-18-16-22(17-19-39)20-40-21-25(24-14-10-11-15-26(24)40)27-28(30(43)38-29(27)42)37-23-12-8-7-9-13-23/h7-15,21-22,27-28,36-37H,16-20H2,1-6H3,(H,38,42,43). The number of hydrogen-bond acceptors (Lipinski definition) is 8. The van der Waals surface area contributed by atoms with E-state index in [2.05, 4.69) is 15.2 Å². The van der Waals surface area contributed by atoms with Gasteiger partial charge in [0, 0.05) is 42.4 Å². The first-order chi connectivity index (χ1) is 22.1. The van der Waals surface area contributed by atoms with Gasteiger partial charge in [-0.05, 0) is 84.1 Å². The van der Waals surface area contributed by atoms with Gasteiger partial charge in [0.2, 0.25) is 17.8 Å². The third kappa shape index (κ3) is 7.75. The zero-order valence-electron chi connectivity index (χ0n) is 27.8. The lowest BCUT2D eigenvalue weighted by atomic mass is 9.92. The molecule has 3 aromatic rings. The fraction of sp³-hybridized carbons (Fsp3) is 0.457. The Hall–Kier alpha value is -4.87. The summed E-state index contributed by atoms with van der Waals surface area (Å²) in [6, 6.07) is 16.5. The highest BCUT2D eigenvalue weighted by Gasteiger charge is 2.44. The lowest BCUT2D eigenvalue weighted by Crippen LogP contribution is -2.54. The van der Waals surface area contributed by atoms with E-state index in [9.17, 15) is 19.2 Å². The summed E-state index contributed by atoms with van der Waals surface area (Å²) in [5.74, 6) is -1.46. The minimum atomic E-state index is -0.959. The van der Waals surface area contributed by atoms with Crippen LogP contribution in [-0.2, 0) is 25.6 Å². The molecule has 0 aliphatic carbocycles. The zero-order chi connectivity index (χ0) is 34.1. The topological polar surface area (TPSA) is 146 Å². The number of nitrogens with zero attached hydrogens (tertiary/aromatic N) is 3. The second-order valence-electron chi connectivity index (χ2n) is 14.1. The Kier molecular flexibility index (Phi) is 9.33. The maximum absolute atomic E-state index is 13.2. The summed E-state index contributed by atoms with van der Waals surface area (Å²) >= 11 is 0. The summed E-state index contributed by atoms with van der Waals surface area (Å²) in [5.41, 5.74) is 0.761. The molecule has 2 saturated heterocycles. The average molecular weight is 645 g/mol. The minimum Gasteiger partial charge on any atom is -0.443 e. The number of carbonyl (C=O) groups excluding carboxylic acids is 4. The highest BCUT2D eigenvalue weighted by atomic mass is 16.6. The Morgan fingerprint density at radius 1 is 0.894 bits per heavy atom. The van der Waals surface area contributed by atoms with E-state index in [-0.39, 0.29) is 23.7 Å². The van der Waals surface area contributed by atoms with Gasteiger partial charge in [-0.1, -0.05) is 36.4 Å². The Balaban J connectivity index is 1.32. The number of anilines is 1. The van der Waals surface area contributed by atoms with E-state index < -0.39 is 35.3 Å². The number of hydrogen-bond donors (Lipinski definition) is 3. The van der Waals surface area contributed by atoms with Crippen LogP contribution >= 0.6 is 0 Å². The van der Waals surface area contributed by atoms with Gasteiger partial charge < -0.3 is 24.3 Å². The van der Waals surface area contributed by atoms with Crippen molar-refractivity contribution in [3.63, 3.8) is 0 Å². The summed E-state index contributed by atoms with van der Waals surface area (Å²) in [5, 5.41) is 15.5. The minimum absolute atomic E-state index is 0.219. The number of ether oxygens (including phenoxy) is 2. The maximum atomic E-state index is 13.2. The van der Waals surface area contributed by atoms with Crippen molar-refractivity contribution in [2.45, 2.75) is 84.1 Å². The maximum Gasteiger partial charge on any atom is 0.427 e. The highest BCUT2D eigenvalue weighted by Crippen LogP contribution is 2.35. The molecular formula is C35H44N6O6. The molecule has 2 unspecified atom stereocenters. The van der Waals surface area contributed by atoms with Crippen molar-refractivity contribution in [1.82, 2.24) is 19.7 Å². The lowest BCUT2D eigenvalue weighted by Gasteiger charge is -2.37. The fourth-order valence-corrected chi connectivity index (χ4v) is 6.05. The quantitative estimate of drug-likeness (QED) is 0.183. The van der Waals surface area contributed by atoms with Crippen LogP contribution in [-0.4, -0.2) is 74.7 Å². The molecule has 2 aromatic carbocycles. The number of imide groups is 2. The van der Waals surface area contributed by atoms with Gasteiger partial charge in [0.25, 0.3) is 0 Å². The third-order valence-corrected chi connectivity index (χ3v) is 8.13. The Bertz CT molecular complexity index is 1630. The Morgan fingerprint density at radius 3 is 2.06 bits per heavy atom. The summed E-state index contributed by atoms with van der Waals surface area (Å²) < 4.78 is 13.0. The van der Waals surface area contributed by atoms with Gasteiger partial charge >= 0.3 is 12.2 Å². The van der Waals surface area contributed by atoms with Crippen LogP contribution in [0.25, 0.3) is 10.9 Å². The Labute approximate surface area is 274 Å². The van der Waals surface area contributed by atoms with Gasteiger partial charge in [-0.25, -0.2) is 9.59 Å². The molecule has 47 heavy (non-hydrogen) atoms. The second kappa shape index (κ2) is 13.1. The number of fused-ring (bicyclic) bond motifs is 1. The summed E-state index contributed by atoms with van der Waals surface area (Å²) in [4.78, 5) is 54.5. The van der Waals surface area contributed by atoms with Crippen LogP contribution in [0.3, 0.4) is 0 Å². The number of amides is 4. The summed E-state index contributed by atoms with van der Waals surface area (Å²) in [6.07, 6.45) is 1.45. The van der Waals surface area contributed by atoms with E-state index in [1.165, 1.54) is 0 Å². The number of para-hydroxylation sites is 2. The van der Waals surface area contributed by atoms with Crippen molar-refractivity contribution in [3.05, 3.63) is 66.4 Å². The Morgan fingerprint density at radius 2 is 1.47 bits per heavy atom. The van der Waals surface area contributed by atoms with Crippen LogP contribution in [0, 0.1) is 11.3 Å². The van der Waals surface area contributed by atoms with Crippen LogP contribution in [0.2, 0.25) is 0 Å². The van der Waals surface area contributed by atoms with Crippen LogP contribution in [0.5, 0.6) is 0 Å². The van der Waals surface area contributed by atoms with Gasteiger partial charge in [-0.15, -0.1) is 4.90 Å². The van der Waals surface area contributed by atoms with Crippen LogP contribution in [0.1, 0.15) is 65.9 Å². The van der Waals surface area contributed by atoms with Crippen LogP contribution in [0.4, 0.5) is 15.3 Å². The SMILES string of the molecule is CC(C)(C)OC(=O)N(C(=N)N1CCC(Cn2cc(C3C(=O)NC(=O)C3Nc3ccccc3)c3ccccc32)CC1)C(=O)OC(C)(C)C. The fourth-order valence-electron chi connectivity index (χ4n) is 6.05. The van der Waals surface area contributed by atoms with E-state index in [0.29, 0.717) is 37.4 Å². The molecule has 2 atom stereocenters. The van der Waals surface area contributed by atoms with E-state index >= 15 is 0 Å². The van der Waals surface area contributed by atoms with Crippen molar-refractivity contribution >= 4 is 46.6 Å². The molecule has 2 fully saturated rings. The molecule has 1 aromatic heterocycles. The largest absolute Gasteiger partial charge is 0.443 e. The smallest absolute Gasteiger partial charge is 0.427 e. The van der Waals surface area contributed by atoms with Gasteiger partial charge in [0.05, 0.1) is 5.92 Å². The monoisotopic (exact) mass is 644 g/mol. The molecule has 12 heteroatoms. The number of guanidine groups is 1. The number of nitrogens with one attached hydrogen (secondary N) is 3. The van der Waals surface area contributed by atoms with E-state index in [1.54, 1.807) is 46.4 Å². The molecule has 2 aliphatic heterocycles. The molecule has 2 aliphatic rings. The average Bonchev–Trinajstić information content (AvgIpc) is 3.47. The van der Waals surface area contributed by atoms with Crippen molar-refractivity contribution in [2.24, 2.45) is 5.92 Å². The second-order valence-corrected chi connectivity index (χ2v) is 14.1. The highest BCUT2D eigenvalue weighted by molar-refractivity contribution is 6.12. The lowest BCUT2D eigenvalue weighted by molar-refractivity contribution is -0.125. The van der Waals surface area contributed by atoms with Crippen LogP contribution < -0.4 is 10.6 Å². The number of rotatable bonds is 5. The van der Waals surface area contributed by atoms with Crippen molar-refractivity contribution < 1.29 is 28.7 Å². The van der Waals surface area contributed by atoms with E-state index in [1.807, 2.05) is 60.8 Å². The molecular weight excluding hydrogens is 600 g/mol. The molecule has 3 heterocycles. The number of likely N-dealkylation sites (tertiary alicyclic amines) is 1. The molecule has 250 valence electrons. The number of piperidine rings is 1. The predicted molar refractivity (Wildman–Crippen MR) is 178 cm³/mol. The molecule has 0 saturated carbocycles. The number of aromatic nitrogens is 1. The number of benzene rings is 2. The molecule has 0 spiro atoms. The normalized spacial score (nSPS) is 19.0. The van der Waals surface area contributed by atoms with Crippen molar-refractivity contribution in [2.75, 3.05) is 18.4 Å². The molecule has 12 nitrogen and oxygen atoms in total. The van der Waals surface area contributed by atoms with Crippen molar-refractivity contribution in [3.8, 4) is 0 Å². The van der Waals surface area contributed by atoms with Gasteiger partial charge in [-0.2, -0.15) is 0 Å². The van der Waals surface area contributed by atoms with E-state index in [4.69, 9.17) is 14.9 Å². The third-order valence-electron chi connectivity index (χ3n) is 8.13. The predicted octanol–water partition coefficient (Wildman–Crippen LogP) is 5.68. The molecule has 4 amide bonds. The summed E-state index contributed by atoms with van der Waals surface area (Å²) in [6.45, 7) is 11.7. The molecule has 0 bridgehead atoms. The molecule has 5 rings (SSSR count). The van der Waals surface area contributed by atoms with Gasteiger partial charge in [0.1, 0.15) is 17.2 Å². The molecule has 0 radical (unpaired) electrons. The zero-order valence-corrected chi connectivity index (χ0v) is 27.8. The first-order valence-corrected chi connectivity index (χ1v) is 15.9. The van der Waals surface area contributed by atoms with E-state index in [0.717, 1.165) is 22.2 Å².